The SMILES string of the molecule is CCCCCCCCCCCCCCCCCC(=O)NCCN(CC(=O)O)C(O)CO. The molecule has 0 spiro atoms. The molecule has 0 saturated carbocycles. The van der Waals surface area contributed by atoms with Crippen LogP contribution < -0.4 is 5.32 Å². The van der Waals surface area contributed by atoms with Crippen molar-refractivity contribution in [1.29, 1.82) is 0 Å². The van der Waals surface area contributed by atoms with Gasteiger partial charge in [0.05, 0.1) is 13.2 Å². The quantitative estimate of drug-likeness (QED) is 0.140. The van der Waals surface area contributed by atoms with E-state index in [1.165, 1.54) is 88.4 Å². The average molecular weight is 445 g/mol. The largest absolute Gasteiger partial charge is 0.480 e. The Kier molecular flexibility index (Phi) is 21.2. The van der Waals surface area contributed by atoms with Gasteiger partial charge in [0.2, 0.25) is 5.91 Å². The minimum atomic E-state index is -1.23. The fourth-order valence-electron chi connectivity index (χ4n) is 3.71. The molecule has 0 aliphatic rings. The predicted octanol–water partition coefficient (Wildman–Crippen LogP) is 4.06. The first-order chi connectivity index (χ1) is 15.0. The number of aliphatic hydroxyl groups excluding tert-OH is 2. The number of aliphatic carboxylic acids is 1. The van der Waals surface area contributed by atoms with Crippen LogP contribution in [0.15, 0.2) is 0 Å². The number of aliphatic hydroxyl groups is 2. The van der Waals surface area contributed by atoms with Crippen molar-refractivity contribution >= 4 is 11.9 Å². The molecule has 31 heavy (non-hydrogen) atoms. The first-order valence-corrected chi connectivity index (χ1v) is 12.5. The van der Waals surface area contributed by atoms with E-state index in [1.54, 1.807) is 0 Å². The van der Waals surface area contributed by atoms with Gasteiger partial charge in [-0.05, 0) is 6.42 Å². The molecular formula is C24H48N2O5. The molecule has 7 nitrogen and oxygen atoms in total. The van der Waals surface area contributed by atoms with E-state index in [0.717, 1.165) is 12.8 Å². The fourth-order valence-corrected chi connectivity index (χ4v) is 3.71. The summed E-state index contributed by atoms with van der Waals surface area (Å²) in [6, 6.07) is 0. The summed E-state index contributed by atoms with van der Waals surface area (Å²) in [5, 5.41) is 30.1. The van der Waals surface area contributed by atoms with Gasteiger partial charge >= 0.3 is 5.97 Å². The molecule has 184 valence electrons. The van der Waals surface area contributed by atoms with Crippen LogP contribution in [0.25, 0.3) is 0 Å². The minimum absolute atomic E-state index is 0.0524. The van der Waals surface area contributed by atoms with Crippen LogP contribution in [0.1, 0.15) is 110 Å². The monoisotopic (exact) mass is 444 g/mol. The number of amides is 1. The van der Waals surface area contributed by atoms with Gasteiger partial charge in [-0.25, -0.2) is 0 Å². The molecule has 4 N–H and O–H groups in total. The second kappa shape index (κ2) is 22.0. The zero-order chi connectivity index (χ0) is 23.2. The van der Waals surface area contributed by atoms with E-state index in [1.807, 2.05) is 0 Å². The summed E-state index contributed by atoms with van der Waals surface area (Å²) in [5.74, 6) is -1.14. The van der Waals surface area contributed by atoms with Gasteiger partial charge in [0.15, 0.2) is 0 Å². The van der Waals surface area contributed by atoms with Crippen molar-refractivity contribution in [1.82, 2.24) is 10.2 Å². The predicted molar refractivity (Wildman–Crippen MR) is 125 cm³/mol. The van der Waals surface area contributed by atoms with Crippen LogP contribution in [0.2, 0.25) is 0 Å². The standard InChI is InChI=1S/C24H48N2O5/c1-2-3-4-5-6-7-8-9-10-11-12-13-14-15-16-17-22(28)25-18-19-26(20-24(30)31)23(29)21-27/h23,27,29H,2-21H2,1H3,(H,25,28)(H,30,31). The Hall–Kier alpha value is -1.18. The number of hydrogen-bond acceptors (Lipinski definition) is 5. The summed E-state index contributed by atoms with van der Waals surface area (Å²) >= 11 is 0. The Balaban J connectivity index is 3.45. The maximum absolute atomic E-state index is 11.9. The first kappa shape index (κ1) is 29.8. The Morgan fingerprint density at radius 2 is 1.26 bits per heavy atom. The topological polar surface area (TPSA) is 110 Å². The lowest BCUT2D eigenvalue weighted by molar-refractivity contribution is -0.142. The van der Waals surface area contributed by atoms with Gasteiger partial charge in [-0.15, -0.1) is 0 Å². The third-order valence-corrected chi connectivity index (χ3v) is 5.65. The van der Waals surface area contributed by atoms with E-state index in [9.17, 15) is 14.7 Å². The van der Waals surface area contributed by atoms with Crippen LogP contribution in [0, 0.1) is 0 Å². The second-order valence-corrected chi connectivity index (χ2v) is 8.58. The van der Waals surface area contributed by atoms with Gasteiger partial charge < -0.3 is 20.6 Å². The summed E-state index contributed by atoms with van der Waals surface area (Å²) < 4.78 is 0. The van der Waals surface area contributed by atoms with Crippen LogP contribution in [0.5, 0.6) is 0 Å². The Morgan fingerprint density at radius 1 is 0.806 bits per heavy atom. The number of carbonyl (C=O) groups is 2. The van der Waals surface area contributed by atoms with Crippen molar-refractivity contribution in [3.8, 4) is 0 Å². The summed E-state index contributed by atoms with van der Waals surface area (Å²) in [7, 11) is 0. The number of carbonyl (C=O) groups excluding carboxylic acids is 1. The highest BCUT2D eigenvalue weighted by atomic mass is 16.4. The normalized spacial score (nSPS) is 12.3. The third-order valence-electron chi connectivity index (χ3n) is 5.65. The number of nitrogens with zero attached hydrogens (tertiary/aromatic N) is 1. The highest BCUT2D eigenvalue weighted by Crippen LogP contribution is 2.13. The molecule has 0 radical (unpaired) electrons. The van der Waals surface area contributed by atoms with Gasteiger partial charge in [0, 0.05) is 19.5 Å². The Labute approximate surface area is 189 Å². The molecular weight excluding hydrogens is 396 g/mol. The molecule has 0 aliphatic heterocycles. The molecule has 1 amide bonds. The lowest BCUT2D eigenvalue weighted by Gasteiger charge is -2.24. The van der Waals surface area contributed by atoms with Crippen molar-refractivity contribution < 1.29 is 24.9 Å². The van der Waals surface area contributed by atoms with Crippen molar-refractivity contribution in [2.24, 2.45) is 0 Å². The number of carboxylic acids is 1. The fraction of sp³-hybridized carbons (Fsp3) is 0.917. The van der Waals surface area contributed by atoms with Crippen LogP contribution in [-0.2, 0) is 9.59 Å². The lowest BCUT2D eigenvalue weighted by Crippen LogP contribution is -2.45. The average Bonchev–Trinajstić information content (AvgIpc) is 2.74. The van der Waals surface area contributed by atoms with E-state index in [2.05, 4.69) is 12.2 Å². The van der Waals surface area contributed by atoms with E-state index < -0.39 is 18.8 Å². The van der Waals surface area contributed by atoms with Crippen LogP contribution >= 0.6 is 0 Å². The van der Waals surface area contributed by atoms with Gasteiger partial charge in [-0.2, -0.15) is 0 Å². The molecule has 0 aromatic heterocycles. The van der Waals surface area contributed by atoms with Gasteiger partial charge in [-0.1, -0.05) is 96.8 Å². The number of hydrogen-bond donors (Lipinski definition) is 4. The maximum atomic E-state index is 11.9. The highest BCUT2D eigenvalue weighted by Gasteiger charge is 2.17. The molecule has 0 bridgehead atoms. The van der Waals surface area contributed by atoms with Crippen molar-refractivity contribution in [3.05, 3.63) is 0 Å². The second-order valence-electron chi connectivity index (χ2n) is 8.58. The minimum Gasteiger partial charge on any atom is -0.480 e. The van der Waals surface area contributed by atoms with Gasteiger partial charge in [0.25, 0.3) is 0 Å². The van der Waals surface area contributed by atoms with E-state index >= 15 is 0 Å². The van der Waals surface area contributed by atoms with Crippen molar-refractivity contribution in [3.63, 3.8) is 0 Å². The summed E-state index contributed by atoms with van der Waals surface area (Å²) in [5.41, 5.74) is 0. The molecule has 0 saturated heterocycles. The van der Waals surface area contributed by atoms with Crippen LogP contribution in [0.4, 0.5) is 0 Å². The molecule has 0 aromatic carbocycles. The molecule has 0 aromatic rings. The number of rotatable bonds is 23. The summed E-state index contributed by atoms with van der Waals surface area (Å²) in [6.07, 6.45) is 18.6. The molecule has 0 aliphatic carbocycles. The van der Waals surface area contributed by atoms with Crippen molar-refractivity contribution in [2.75, 3.05) is 26.2 Å². The zero-order valence-corrected chi connectivity index (χ0v) is 19.8. The Bertz CT molecular complexity index is 434. The molecule has 0 fully saturated rings. The van der Waals surface area contributed by atoms with Crippen LogP contribution in [0.3, 0.4) is 0 Å². The molecule has 1 atom stereocenters. The summed E-state index contributed by atoms with van der Waals surface area (Å²) in [6.45, 7) is 1.77. The molecule has 1 unspecified atom stereocenters. The van der Waals surface area contributed by atoms with E-state index in [4.69, 9.17) is 10.2 Å². The number of unbranched alkanes of at least 4 members (excludes halogenated alkanes) is 14. The van der Waals surface area contributed by atoms with Gasteiger partial charge in [-0.3, -0.25) is 14.5 Å². The van der Waals surface area contributed by atoms with Gasteiger partial charge in [0.1, 0.15) is 6.23 Å². The summed E-state index contributed by atoms with van der Waals surface area (Å²) in [4.78, 5) is 23.9. The maximum Gasteiger partial charge on any atom is 0.317 e. The molecule has 0 rings (SSSR count). The Morgan fingerprint density at radius 3 is 1.68 bits per heavy atom. The highest BCUT2D eigenvalue weighted by molar-refractivity contribution is 5.75. The van der Waals surface area contributed by atoms with Crippen molar-refractivity contribution in [2.45, 2.75) is 116 Å². The number of carboxylic acid groups (broad SMARTS) is 1. The first-order valence-electron chi connectivity index (χ1n) is 12.5. The molecule has 7 heteroatoms. The molecule has 0 heterocycles. The smallest absolute Gasteiger partial charge is 0.317 e. The van der Waals surface area contributed by atoms with E-state index in [-0.39, 0.29) is 25.5 Å². The number of nitrogens with one attached hydrogen (secondary N) is 1. The van der Waals surface area contributed by atoms with E-state index in [0.29, 0.717) is 6.42 Å². The zero-order valence-electron chi connectivity index (χ0n) is 19.8. The third kappa shape index (κ3) is 20.5. The lowest BCUT2D eigenvalue weighted by atomic mass is 10.0. The van der Waals surface area contributed by atoms with Crippen LogP contribution in [-0.4, -0.2) is 64.6 Å².